The highest BCUT2D eigenvalue weighted by molar-refractivity contribution is 5.97. The fraction of sp³-hybridized carbons (Fsp3) is 0.190. The Morgan fingerprint density at radius 2 is 1.89 bits per heavy atom. The van der Waals surface area contributed by atoms with Crippen molar-refractivity contribution in [1.29, 1.82) is 0 Å². The Bertz CT molecular complexity index is 937. The number of amides is 1. The monoisotopic (exact) mass is 365 g/mol. The first kappa shape index (κ1) is 18.5. The molecule has 0 saturated carbocycles. The minimum atomic E-state index is -0.597. The van der Waals surface area contributed by atoms with Crippen LogP contribution in [0.3, 0.4) is 0 Å². The van der Waals surface area contributed by atoms with E-state index in [2.05, 4.69) is 10.3 Å². The maximum absolute atomic E-state index is 13.7. The molecule has 2 aromatic carbocycles. The normalized spacial score (nSPS) is 11.8. The number of nitrogens with zero attached hydrogens (tertiary/aromatic N) is 2. The molecule has 0 radical (unpaired) electrons. The van der Waals surface area contributed by atoms with Crippen molar-refractivity contribution in [1.82, 2.24) is 14.9 Å². The van der Waals surface area contributed by atoms with E-state index in [1.165, 1.54) is 12.1 Å². The SMILES string of the molecule is Cn1ccnc1[C@@H](NC(=O)CCC(=O)c1ccccc1)c1cccc(F)c1. The first-order chi connectivity index (χ1) is 13.0. The number of hydrogen-bond acceptors (Lipinski definition) is 3. The van der Waals surface area contributed by atoms with Crippen molar-refractivity contribution < 1.29 is 14.0 Å². The number of rotatable bonds is 7. The summed E-state index contributed by atoms with van der Waals surface area (Å²) in [6.07, 6.45) is 3.52. The Kier molecular flexibility index (Phi) is 5.76. The van der Waals surface area contributed by atoms with E-state index in [0.717, 1.165) is 0 Å². The first-order valence-electron chi connectivity index (χ1n) is 8.65. The zero-order valence-electron chi connectivity index (χ0n) is 14.9. The first-order valence-corrected chi connectivity index (χ1v) is 8.65. The van der Waals surface area contributed by atoms with Crippen molar-refractivity contribution >= 4 is 11.7 Å². The number of aromatic nitrogens is 2. The second kappa shape index (κ2) is 8.40. The van der Waals surface area contributed by atoms with Crippen molar-refractivity contribution in [2.24, 2.45) is 7.05 Å². The molecule has 0 aliphatic carbocycles. The summed E-state index contributed by atoms with van der Waals surface area (Å²) in [5, 5.41) is 2.87. The lowest BCUT2D eigenvalue weighted by Gasteiger charge is -2.19. The summed E-state index contributed by atoms with van der Waals surface area (Å²) in [4.78, 5) is 28.9. The van der Waals surface area contributed by atoms with Crippen molar-refractivity contribution in [3.63, 3.8) is 0 Å². The summed E-state index contributed by atoms with van der Waals surface area (Å²) in [7, 11) is 1.81. The number of carbonyl (C=O) groups is 2. The largest absolute Gasteiger partial charge is 0.342 e. The summed E-state index contributed by atoms with van der Waals surface area (Å²) >= 11 is 0. The van der Waals surface area contributed by atoms with Crippen LogP contribution in [0.25, 0.3) is 0 Å². The van der Waals surface area contributed by atoms with Gasteiger partial charge in [-0.3, -0.25) is 9.59 Å². The molecule has 138 valence electrons. The van der Waals surface area contributed by atoms with Crippen LogP contribution in [0.4, 0.5) is 4.39 Å². The van der Waals surface area contributed by atoms with E-state index in [0.29, 0.717) is 17.0 Å². The Balaban J connectivity index is 1.71. The van der Waals surface area contributed by atoms with Gasteiger partial charge in [-0.25, -0.2) is 9.37 Å². The number of carbonyl (C=O) groups excluding carboxylic acids is 2. The molecule has 1 atom stereocenters. The van der Waals surface area contributed by atoms with Gasteiger partial charge >= 0.3 is 0 Å². The number of halogens is 1. The molecule has 0 fully saturated rings. The second-order valence-corrected chi connectivity index (χ2v) is 6.24. The van der Waals surface area contributed by atoms with Crippen LogP contribution < -0.4 is 5.32 Å². The number of aryl methyl sites for hydroxylation is 1. The van der Waals surface area contributed by atoms with Gasteiger partial charge in [-0.05, 0) is 17.7 Å². The van der Waals surface area contributed by atoms with E-state index in [9.17, 15) is 14.0 Å². The van der Waals surface area contributed by atoms with Crippen LogP contribution in [-0.4, -0.2) is 21.2 Å². The standard InChI is InChI=1S/C21H20FN3O2/c1-25-13-12-23-21(25)20(16-8-5-9-17(22)14-16)24-19(27)11-10-18(26)15-6-3-2-4-7-15/h2-9,12-14,20H,10-11H2,1H3,(H,24,27)/t20-/m0/s1. The van der Waals surface area contributed by atoms with Gasteiger partial charge in [-0.1, -0.05) is 42.5 Å². The number of ketones is 1. The van der Waals surface area contributed by atoms with Crippen molar-refractivity contribution in [3.05, 3.63) is 89.8 Å². The molecule has 1 heterocycles. The van der Waals surface area contributed by atoms with E-state index in [1.54, 1.807) is 60.4 Å². The van der Waals surface area contributed by atoms with Crippen molar-refractivity contribution in [3.8, 4) is 0 Å². The predicted molar refractivity (Wildman–Crippen MR) is 99.6 cm³/mol. The highest BCUT2D eigenvalue weighted by atomic mass is 19.1. The Morgan fingerprint density at radius 1 is 1.11 bits per heavy atom. The Morgan fingerprint density at radius 3 is 2.56 bits per heavy atom. The van der Waals surface area contributed by atoms with Gasteiger partial charge in [0.25, 0.3) is 0 Å². The molecular formula is C21H20FN3O2. The van der Waals surface area contributed by atoms with E-state index in [4.69, 9.17) is 0 Å². The molecule has 6 heteroatoms. The van der Waals surface area contributed by atoms with Crippen LogP contribution in [0, 0.1) is 5.82 Å². The van der Waals surface area contributed by atoms with Gasteiger partial charge in [0.2, 0.25) is 5.91 Å². The number of hydrogen-bond donors (Lipinski definition) is 1. The molecule has 1 aromatic heterocycles. The second-order valence-electron chi connectivity index (χ2n) is 6.24. The topological polar surface area (TPSA) is 64.0 Å². The maximum atomic E-state index is 13.7. The predicted octanol–water partition coefficient (Wildman–Crippen LogP) is 3.43. The highest BCUT2D eigenvalue weighted by Gasteiger charge is 2.21. The molecule has 0 unspecified atom stereocenters. The molecule has 0 aliphatic rings. The average molecular weight is 365 g/mol. The van der Waals surface area contributed by atoms with E-state index < -0.39 is 6.04 Å². The molecule has 0 aliphatic heterocycles. The number of nitrogens with one attached hydrogen (secondary N) is 1. The zero-order chi connectivity index (χ0) is 19.2. The molecular weight excluding hydrogens is 345 g/mol. The van der Waals surface area contributed by atoms with E-state index >= 15 is 0 Å². The third kappa shape index (κ3) is 4.67. The van der Waals surface area contributed by atoms with Crippen LogP contribution in [0.1, 0.15) is 40.6 Å². The fourth-order valence-electron chi connectivity index (χ4n) is 2.87. The number of Topliss-reactive ketones (excluding diaryl/α,β-unsaturated/α-hetero) is 1. The van der Waals surface area contributed by atoms with Crippen molar-refractivity contribution in [2.75, 3.05) is 0 Å². The smallest absolute Gasteiger partial charge is 0.221 e. The maximum Gasteiger partial charge on any atom is 0.221 e. The van der Waals surface area contributed by atoms with Gasteiger partial charge in [0.05, 0.1) is 0 Å². The van der Waals surface area contributed by atoms with Gasteiger partial charge in [0, 0.05) is 37.8 Å². The summed E-state index contributed by atoms with van der Waals surface area (Å²) in [5.41, 5.74) is 1.17. The third-order valence-corrected chi connectivity index (χ3v) is 4.28. The van der Waals surface area contributed by atoms with E-state index in [-0.39, 0.29) is 30.3 Å². The fourth-order valence-corrected chi connectivity index (χ4v) is 2.87. The molecule has 0 saturated heterocycles. The Labute approximate surface area is 156 Å². The third-order valence-electron chi connectivity index (χ3n) is 4.28. The van der Waals surface area contributed by atoms with Crippen molar-refractivity contribution in [2.45, 2.75) is 18.9 Å². The summed E-state index contributed by atoms with van der Waals surface area (Å²) < 4.78 is 15.4. The lowest BCUT2D eigenvalue weighted by molar-refractivity contribution is -0.121. The highest BCUT2D eigenvalue weighted by Crippen LogP contribution is 2.21. The van der Waals surface area contributed by atoms with Gasteiger partial charge < -0.3 is 9.88 Å². The quantitative estimate of drug-likeness (QED) is 0.653. The van der Waals surface area contributed by atoms with Gasteiger partial charge in [-0.2, -0.15) is 0 Å². The molecule has 0 spiro atoms. The molecule has 1 amide bonds. The van der Waals surface area contributed by atoms with Crippen LogP contribution in [0.15, 0.2) is 67.0 Å². The lowest BCUT2D eigenvalue weighted by atomic mass is 10.0. The average Bonchev–Trinajstić information content (AvgIpc) is 3.10. The van der Waals surface area contributed by atoms with Gasteiger partial charge in [-0.15, -0.1) is 0 Å². The summed E-state index contributed by atoms with van der Waals surface area (Å²) in [6, 6.07) is 14.3. The van der Waals surface area contributed by atoms with Crippen LogP contribution in [-0.2, 0) is 11.8 Å². The lowest BCUT2D eigenvalue weighted by Crippen LogP contribution is -2.31. The molecule has 5 nitrogen and oxygen atoms in total. The van der Waals surface area contributed by atoms with Crippen LogP contribution >= 0.6 is 0 Å². The van der Waals surface area contributed by atoms with Gasteiger partial charge in [0.15, 0.2) is 5.78 Å². The summed E-state index contributed by atoms with van der Waals surface area (Å²) in [5.74, 6) is -0.190. The van der Waals surface area contributed by atoms with Gasteiger partial charge in [0.1, 0.15) is 17.7 Å². The molecule has 3 rings (SSSR count). The van der Waals surface area contributed by atoms with Crippen LogP contribution in [0.5, 0.6) is 0 Å². The zero-order valence-corrected chi connectivity index (χ0v) is 14.9. The number of benzene rings is 2. The minimum Gasteiger partial charge on any atom is -0.342 e. The molecule has 3 aromatic rings. The molecule has 0 bridgehead atoms. The molecule has 27 heavy (non-hydrogen) atoms. The number of imidazole rings is 1. The Hall–Kier alpha value is -3.28. The minimum absolute atomic E-state index is 0.0456. The van der Waals surface area contributed by atoms with Crippen LogP contribution in [0.2, 0.25) is 0 Å². The summed E-state index contributed by atoms with van der Waals surface area (Å²) in [6.45, 7) is 0. The molecule has 1 N–H and O–H groups in total. The van der Waals surface area contributed by atoms with E-state index in [1.807, 2.05) is 6.07 Å².